The van der Waals surface area contributed by atoms with Crippen molar-refractivity contribution in [2.24, 2.45) is 10.7 Å². The molecule has 0 saturated heterocycles. The van der Waals surface area contributed by atoms with Gasteiger partial charge in [0.05, 0.1) is 6.54 Å². The number of aliphatic imine (C=N–C) groups is 1. The summed E-state index contributed by atoms with van der Waals surface area (Å²) >= 11 is 0. The van der Waals surface area contributed by atoms with Gasteiger partial charge in [-0.15, -0.1) is 0 Å². The van der Waals surface area contributed by atoms with E-state index in [1.807, 2.05) is 0 Å². The second-order valence-corrected chi connectivity index (χ2v) is 5.50. The molecule has 0 aliphatic heterocycles. The van der Waals surface area contributed by atoms with Gasteiger partial charge in [0, 0.05) is 18.1 Å². The maximum atomic E-state index is 5.80. The van der Waals surface area contributed by atoms with Crippen LogP contribution >= 0.6 is 0 Å². The van der Waals surface area contributed by atoms with Gasteiger partial charge in [-0.1, -0.05) is 6.92 Å². The van der Waals surface area contributed by atoms with Crippen LogP contribution in [0.1, 0.15) is 40.5 Å². The third-order valence-corrected chi connectivity index (χ3v) is 2.64. The van der Waals surface area contributed by atoms with Gasteiger partial charge in [-0.25, -0.2) is 0 Å². The van der Waals surface area contributed by atoms with E-state index in [4.69, 9.17) is 5.73 Å². The first-order valence-corrected chi connectivity index (χ1v) is 6.24. The van der Waals surface area contributed by atoms with Crippen LogP contribution in [0.15, 0.2) is 4.99 Å². The molecule has 16 heavy (non-hydrogen) atoms. The number of guanidine groups is 1. The highest BCUT2D eigenvalue weighted by molar-refractivity contribution is 5.78. The summed E-state index contributed by atoms with van der Waals surface area (Å²) in [6.07, 6.45) is 2.71. The van der Waals surface area contributed by atoms with E-state index in [9.17, 15) is 0 Å². The Morgan fingerprint density at radius 1 is 1.44 bits per heavy atom. The van der Waals surface area contributed by atoms with E-state index in [-0.39, 0.29) is 5.54 Å². The number of hydrogen-bond donors (Lipinski definition) is 2. The summed E-state index contributed by atoms with van der Waals surface area (Å²) in [5.41, 5.74) is 5.79. The van der Waals surface area contributed by atoms with Crippen LogP contribution in [0.25, 0.3) is 0 Å². The molecule has 0 aromatic rings. The summed E-state index contributed by atoms with van der Waals surface area (Å²) in [5.74, 6) is 0.555. The zero-order chi connectivity index (χ0) is 12.2. The molecule has 0 spiro atoms. The van der Waals surface area contributed by atoms with Crippen LogP contribution in [0.2, 0.25) is 0 Å². The van der Waals surface area contributed by atoms with Gasteiger partial charge in [0.15, 0.2) is 5.96 Å². The number of nitrogens with two attached hydrogens (primary N) is 1. The average Bonchev–Trinajstić information content (AvgIpc) is 2.92. The summed E-state index contributed by atoms with van der Waals surface area (Å²) < 4.78 is 0. The normalized spacial score (nSPS) is 17.9. The zero-order valence-electron chi connectivity index (χ0n) is 11.1. The fraction of sp³-hybridized carbons (Fsp3) is 0.917. The fourth-order valence-electron chi connectivity index (χ4n) is 1.76. The number of nitrogens with zero attached hydrogens (tertiary/aromatic N) is 2. The fourth-order valence-corrected chi connectivity index (χ4v) is 1.76. The maximum absolute atomic E-state index is 5.80. The Morgan fingerprint density at radius 2 is 2.06 bits per heavy atom. The highest BCUT2D eigenvalue weighted by atomic mass is 15.2. The highest BCUT2D eigenvalue weighted by Crippen LogP contribution is 2.25. The van der Waals surface area contributed by atoms with E-state index >= 15 is 0 Å². The monoisotopic (exact) mass is 226 g/mol. The molecule has 0 aromatic carbocycles. The molecule has 0 atom stereocenters. The van der Waals surface area contributed by atoms with Gasteiger partial charge in [-0.3, -0.25) is 9.89 Å². The molecule has 0 bridgehead atoms. The van der Waals surface area contributed by atoms with Crippen LogP contribution < -0.4 is 11.1 Å². The first-order valence-electron chi connectivity index (χ1n) is 6.24. The van der Waals surface area contributed by atoms with Crippen molar-refractivity contribution in [3.8, 4) is 0 Å². The van der Waals surface area contributed by atoms with Gasteiger partial charge < -0.3 is 11.1 Å². The van der Waals surface area contributed by atoms with Crippen LogP contribution in [-0.4, -0.2) is 42.1 Å². The molecule has 0 unspecified atom stereocenters. The van der Waals surface area contributed by atoms with Crippen molar-refractivity contribution in [1.29, 1.82) is 0 Å². The lowest BCUT2D eigenvalue weighted by Gasteiger charge is -2.22. The van der Waals surface area contributed by atoms with E-state index in [2.05, 4.69) is 42.9 Å². The van der Waals surface area contributed by atoms with E-state index in [0.717, 1.165) is 25.7 Å². The van der Waals surface area contributed by atoms with Gasteiger partial charge in [0.1, 0.15) is 0 Å². The first-order chi connectivity index (χ1) is 7.42. The highest BCUT2D eigenvalue weighted by Gasteiger charge is 2.27. The molecule has 94 valence electrons. The minimum absolute atomic E-state index is 0.00544. The van der Waals surface area contributed by atoms with Gasteiger partial charge in [-0.2, -0.15) is 0 Å². The van der Waals surface area contributed by atoms with Gasteiger partial charge in [-0.05, 0) is 40.2 Å². The van der Waals surface area contributed by atoms with Gasteiger partial charge >= 0.3 is 0 Å². The molecular formula is C12H26N4. The lowest BCUT2D eigenvalue weighted by molar-refractivity contribution is 0.286. The Bertz CT molecular complexity index is 238. The molecule has 0 aromatic heterocycles. The van der Waals surface area contributed by atoms with Crippen molar-refractivity contribution in [3.05, 3.63) is 0 Å². The lowest BCUT2D eigenvalue weighted by Crippen LogP contribution is -2.45. The van der Waals surface area contributed by atoms with Crippen LogP contribution in [0, 0.1) is 0 Å². The van der Waals surface area contributed by atoms with Gasteiger partial charge in [0.2, 0.25) is 0 Å². The minimum Gasteiger partial charge on any atom is -0.370 e. The maximum Gasteiger partial charge on any atom is 0.189 e. The van der Waals surface area contributed by atoms with Crippen LogP contribution in [0.4, 0.5) is 0 Å². The Hall–Kier alpha value is -0.770. The Labute approximate surface area is 99.3 Å². The Morgan fingerprint density at radius 3 is 2.50 bits per heavy atom. The first kappa shape index (κ1) is 13.3. The van der Waals surface area contributed by atoms with E-state index in [0.29, 0.717) is 5.96 Å². The van der Waals surface area contributed by atoms with Crippen molar-refractivity contribution in [2.75, 3.05) is 19.6 Å². The van der Waals surface area contributed by atoms with Gasteiger partial charge in [0.25, 0.3) is 0 Å². The minimum atomic E-state index is -0.00544. The summed E-state index contributed by atoms with van der Waals surface area (Å²) in [4.78, 5) is 6.83. The van der Waals surface area contributed by atoms with Crippen molar-refractivity contribution < 1.29 is 0 Å². The second-order valence-electron chi connectivity index (χ2n) is 5.50. The molecule has 1 aliphatic rings. The van der Waals surface area contributed by atoms with Crippen molar-refractivity contribution >= 4 is 5.96 Å². The van der Waals surface area contributed by atoms with Crippen molar-refractivity contribution in [1.82, 2.24) is 10.2 Å². The molecule has 1 saturated carbocycles. The summed E-state index contributed by atoms with van der Waals surface area (Å²) in [7, 11) is 0. The van der Waals surface area contributed by atoms with Crippen LogP contribution in [0.5, 0.6) is 0 Å². The topological polar surface area (TPSA) is 53.6 Å². The number of rotatable bonds is 5. The number of likely N-dealkylation sites (N-methyl/N-ethyl adjacent to an activating group) is 1. The summed E-state index contributed by atoms with van der Waals surface area (Å²) in [6, 6.07) is 0.817. The van der Waals surface area contributed by atoms with Crippen LogP contribution in [0.3, 0.4) is 0 Å². The summed E-state index contributed by atoms with van der Waals surface area (Å²) in [5, 5.41) is 3.16. The SMILES string of the molecule is CCN(CCN=C(N)NC(C)(C)C)C1CC1. The smallest absolute Gasteiger partial charge is 0.189 e. The molecule has 0 heterocycles. The quantitative estimate of drug-likeness (QED) is 0.546. The Kier molecular flexibility index (Phi) is 4.59. The molecule has 1 rings (SSSR count). The number of nitrogens with one attached hydrogen (secondary N) is 1. The molecule has 0 radical (unpaired) electrons. The van der Waals surface area contributed by atoms with E-state index < -0.39 is 0 Å². The molecule has 1 fully saturated rings. The van der Waals surface area contributed by atoms with Crippen LogP contribution in [-0.2, 0) is 0 Å². The molecule has 1 aliphatic carbocycles. The Balaban J connectivity index is 2.24. The van der Waals surface area contributed by atoms with Crippen molar-refractivity contribution in [3.63, 3.8) is 0 Å². The van der Waals surface area contributed by atoms with E-state index in [1.165, 1.54) is 12.8 Å². The second kappa shape index (κ2) is 5.53. The zero-order valence-corrected chi connectivity index (χ0v) is 11.1. The molecule has 4 nitrogen and oxygen atoms in total. The largest absolute Gasteiger partial charge is 0.370 e. The number of hydrogen-bond acceptors (Lipinski definition) is 2. The van der Waals surface area contributed by atoms with Crippen molar-refractivity contribution in [2.45, 2.75) is 52.1 Å². The molecule has 4 heteroatoms. The predicted octanol–water partition coefficient (Wildman–Crippen LogP) is 1.17. The van der Waals surface area contributed by atoms with E-state index in [1.54, 1.807) is 0 Å². The molecule has 3 N–H and O–H groups in total. The average molecular weight is 226 g/mol. The lowest BCUT2D eigenvalue weighted by atomic mass is 10.1. The summed E-state index contributed by atoms with van der Waals surface area (Å²) in [6.45, 7) is 11.4. The predicted molar refractivity (Wildman–Crippen MR) is 69.6 cm³/mol. The molecule has 0 amide bonds. The third kappa shape index (κ3) is 5.35. The third-order valence-electron chi connectivity index (χ3n) is 2.64. The molecular weight excluding hydrogens is 200 g/mol. The standard InChI is InChI=1S/C12H26N4/c1-5-16(10-6-7-10)9-8-14-11(13)15-12(2,3)4/h10H,5-9H2,1-4H3,(H3,13,14,15).